The van der Waals surface area contributed by atoms with Gasteiger partial charge in [0.15, 0.2) is 28.8 Å². The summed E-state index contributed by atoms with van der Waals surface area (Å²) >= 11 is 0. The van der Waals surface area contributed by atoms with Gasteiger partial charge in [-0.2, -0.15) is 0 Å². The molecule has 1 heterocycles. The normalized spacial score (nSPS) is 28.7. The summed E-state index contributed by atoms with van der Waals surface area (Å²) in [6.45, 7) is 21.8. The zero-order valence-corrected chi connectivity index (χ0v) is 27.8. The Labute approximate surface area is 262 Å². The van der Waals surface area contributed by atoms with E-state index in [2.05, 4.69) is 18.7 Å². The van der Waals surface area contributed by atoms with Crippen LogP contribution in [-0.4, -0.2) is 33.2 Å². The minimum Gasteiger partial charge on any atom is -0.504 e. The molecule has 4 atom stereocenters. The molecule has 6 heteroatoms. The van der Waals surface area contributed by atoms with Gasteiger partial charge in [-0.15, -0.1) is 0 Å². The summed E-state index contributed by atoms with van der Waals surface area (Å²) in [5.41, 5.74) is -1.45. The van der Waals surface area contributed by atoms with Crippen molar-refractivity contribution in [1.29, 1.82) is 0 Å². The summed E-state index contributed by atoms with van der Waals surface area (Å²) in [4.78, 5) is 44.9. The number of carbonyl (C=O) groups is 3. The molecule has 3 aliphatic rings. The van der Waals surface area contributed by atoms with Gasteiger partial charge >= 0.3 is 0 Å². The Morgan fingerprint density at radius 1 is 0.977 bits per heavy atom. The third-order valence-corrected chi connectivity index (χ3v) is 10.3. The SMILES string of the molecule is C=C(C)C=C[C@H]1C[C@]23C[C@H](CC=C(C)C)C(C)(C)OC2=C(C(=O)c2ccc(O)c(O)c2)C(=O)[C@@](CC=C(C)C)(C3=O)C1(C)C. The second-order valence-corrected chi connectivity index (χ2v) is 14.7. The van der Waals surface area contributed by atoms with E-state index in [1.54, 1.807) is 0 Å². The lowest BCUT2D eigenvalue weighted by molar-refractivity contribution is -0.185. The standard InChI is InChI=1S/C38H48O6/c1-22(2)11-14-26-20-37-21-27(15-12-23(3)4)36(9,10)44-33(37)30(31(41)25-13-16-28(39)29(40)19-25)32(42)38(34(37)43,35(26,7)8)18-17-24(5)6/h11-14,16-17,19,26-27,39-40H,1,15,18,20-21H2,2-10H3/t26-,27-,37-,38-/m0/s1. The third-order valence-electron chi connectivity index (χ3n) is 10.3. The Balaban J connectivity index is 2.11. The van der Waals surface area contributed by atoms with Gasteiger partial charge in [0.05, 0.1) is 5.41 Å². The largest absolute Gasteiger partial charge is 0.504 e. The topological polar surface area (TPSA) is 101 Å². The van der Waals surface area contributed by atoms with Crippen molar-refractivity contribution in [2.45, 2.75) is 93.6 Å². The van der Waals surface area contributed by atoms with Gasteiger partial charge in [0.2, 0.25) is 0 Å². The fourth-order valence-corrected chi connectivity index (χ4v) is 7.47. The van der Waals surface area contributed by atoms with Crippen LogP contribution in [0.15, 0.2) is 77.1 Å². The number of phenolic OH excluding ortho intramolecular Hbond substituents is 2. The molecule has 44 heavy (non-hydrogen) atoms. The Bertz CT molecular complexity index is 1540. The molecule has 0 aromatic heterocycles. The molecule has 1 aliphatic heterocycles. The van der Waals surface area contributed by atoms with Crippen LogP contribution < -0.4 is 0 Å². The zero-order chi connectivity index (χ0) is 33.0. The van der Waals surface area contributed by atoms with E-state index < -0.39 is 39.2 Å². The van der Waals surface area contributed by atoms with Crippen molar-refractivity contribution in [2.24, 2.45) is 28.1 Å². The van der Waals surface area contributed by atoms with E-state index in [4.69, 9.17) is 4.74 Å². The molecular weight excluding hydrogens is 552 g/mol. The molecule has 4 rings (SSSR count). The van der Waals surface area contributed by atoms with Crippen LogP contribution in [0.3, 0.4) is 0 Å². The van der Waals surface area contributed by atoms with Crippen LogP contribution >= 0.6 is 0 Å². The third kappa shape index (κ3) is 5.20. The first-order valence-electron chi connectivity index (χ1n) is 15.5. The highest BCUT2D eigenvalue weighted by Gasteiger charge is 2.74. The van der Waals surface area contributed by atoms with E-state index >= 15 is 9.59 Å². The van der Waals surface area contributed by atoms with Crippen molar-refractivity contribution in [2.75, 3.05) is 0 Å². The number of hydrogen-bond donors (Lipinski definition) is 2. The van der Waals surface area contributed by atoms with Gasteiger partial charge in [0, 0.05) is 11.5 Å². The smallest absolute Gasteiger partial charge is 0.200 e. The summed E-state index contributed by atoms with van der Waals surface area (Å²) < 4.78 is 6.78. The highest BCUT2D eigenvalue weighted by Crippen LogP contribution is 2.69. The summed E-state index contributed by atoms with van der Waals surface area (Å²) in [6, 6.07) is 3.77. The van der Waals surface area contributed by atoms with Gasteiger partial charge in [-0.1, -0.05) is 61.4 Å². The molecule has 2 bridgehead atoms. The maximum absolute atomic E-state index is 15.3. The van der Waals surface area contributed by atoms with Gasteiger partial charge < -0.3 is 14.9 Å². The van der Waals surface area contributed by atoms with E-state index in [-0.39, 0.29) is 46.7 Å². The lowest BCUT2D eigenvalue weighted by atomic mass is 9.39. The Morgan fingerprint density at radius 2 is 1.61 bits per heavy atom. The molecular formula is C38H48O6. The molecule has 2 aliphatic carbocycles. The van der Waals surface area contributed by atoms with E-state index in [9.17, 15) is 15.0 Å². The minimum atomic E-state index is -1.54. The van der Waals surface area contributed by atoms with E-state index in [0.717, 1.165) is 22.8 Å². The van der Waals surface area contributed by atoms with Crippen molar-refractivity contribution >= 4 is 17.3 Å². The average Bonchev–Trinajstić information content (AvgIpc) is 2.91. The Morgan fingerprint density at radius 3 is 2.18 bits per heavy atom. The monoisotopic (exact) mass is 600 g/mol. The summed E-state index contributed by atoms with van der Waals surface area (Å²) in [6.07, 6.45) is 9.80. The van der Waals surface area contributed by atoms with Crippen LogP contribution in [0.5, 0.6) is 11.5 Å². The van der Waals surface area contributed by atoms with Gasteiger partial charge in [-0.3, -0.25) is 14.4 Å². The summed E-state index contributed by atoms with van der Waals surface area (Å²) in [5.74, 6) is -2.26. The van der Waals surface area contributed by atoms with Crippen molar-refractivity contribution in [3.63, 3.8) is 0 Å². The second-order valence-electron chi connectivity index (χ2n) is 14.7. The second kappa shape index (κ2) is 11.4. The number of aromatic hydroxyl groups is 2. The highest BCUT2D eigenvalue weighted by atomic mass is 16.5. The number of hydrogen-bond acceptors (Lipinski definition) is 6. The lowest BCUT2D eigenvalue weighted by Gasteiger charge is -2.63. The lowest BCUT2D eigenvalue weighted by Crippen LogP contribution is -2.69. The van der Waals surface area contributed by atoms with Crippen molar-refractivity contribution in [1.82, 2.24) is 0 Å². The number of benzene rings is 1. The van der Waals surface area contributed by atoms with Crippen molar-refractivity contribution in [3.8, 4) is 11.5 Å². The molecule has 0 unspecified atom stereocenters. The minimum absolute atomic E-state index is 0.0423. The summed E-state index contributed by atoms with van der Waals surface area (Å²) in [7, 11) is 0. The van der Waals surface area contributed by atoms with Crippen LogP contribution in [0, 0.1) is 28.1 Å². The zero-order valence-electron chi connectivity index (χ0n) is 27.8. The number of phenols is 2. The molecule has 1 spiro atoms. The first-order valence-corrected chi connectivity index (χ1v) is 15.5. The van der Waals surface area contributed by atoms with Gasteiger partial charge in [0.1, 0.15) is 22.3 Å². The quantitative estimate of drug-likeness (QED) is 0.0776. The van der Waals surface area contributed by atoms with Crippen LogP contribution in [0.1, 0.15) is 98.4 Å². The number of rotatable bonds is 8. The fourth-order valence-electron chi connectivity index (χ4n) is 7.47. The van der Waals surface area contributed by atoms with Crippen LogP contribution in [0.2, 0.25) is 0 Å². The summed E-state index contributed by atoms with van der Waals surface area (Å²) in [5, 5.41) is 20.2. The first kappa shape index (κ1) is 33.2. The highest BCUT2D eigenvalue weighted by molar-refractivity contribution is 6.35. The predicted octanol–water partition coefficient (Wildman–Crippen LogP) is 8.37. The van der Waals surface area contributed by atoms with Gasteiger partial charge in [0.25, 0.3) is 0 Å². The number of carbonyl (C=O) groups excluding carboxylic acids is 3. The number of Topliss-reactive ketones (excluding diaryl/α,β-unsaturated/α-hetero) is 3. The molecule has 0 amide bonds. The van der Waals surface area contributed by atoms with E-state index in [1.165, 1.54) is 12.1 Å². The first-order chi connectivity index (χ1) is 20.3. The maximum Gasteiger partial charge on any atom is 0.200 e. The van der Waals surface area contributed by atoms with Crippen molar-refractivity contribution in [3.05, 3.63) is 82.7 Å². The van der Waals surface area contributed by atoms with E-state index in [1.807, 2.05) is 74.5 Å². The van der Waals surface area contributed by atoms with Crippen molar-refractivity contribution < 1.29 is 29.3 Å². The number of allylic oxidation sites excluding steroid dienone is 9. The molecule has 1 saturated heterocycles. The van der Waals surface area contributed by atoms with E-state index in [0.29, 0.717) is 19.3 Å². The Hall–Kier alpha value is -3.67. The number of ether oxygens (including phenoxy) is 1. The molecule has 1 saturated carbocycles. The maximum atomic E-state index is 15.3. The average molecular weight is 601 g/mol. The predicted molar refractivity (Wildman–Crippen MR) is 173 cm³/mol. The molecule has 1 aromatic carbocycles. The molecule has 1 aromatic rings. The molecule has 0 radical (unpaired) electrons. The van der Waals surface area contributed by atoms with Gasteiger partial charge in [-0.05, 0) is 104 Å². The molecule has 236 valence electrons. The molecule has 6 nitrogen and oxygen atoms in total. The van der Waals surface area contributed by atoms with Crippen LogP contribution in [0.4, 0.5) is 0 Å². The van der Waals surface area contributed by atoms with Gasteiger partial charge in [-0.25, -0.2) is 0 Å². The fraction of sp³-hybridized carbons (Fsp3) is 0.500. The number of ketones is 3. The molecule has 2 N–H and O–H groups in total. The molecule has 2 fully saturated rings. The number of fused-ring (bicyclic) bond motifs is 1. The Kier molecular flexibility index (Phi) is 8.58. The van der Waals surface area contributed by atoms with Crippen LogP contribution in [-0.2, 0) is 14.3 Å². The van der Waals surface area contributed by atoms with Crippen LogP contribution in [0.25, 0.3) is 0 Å².